The van der Waals surface area contributed by atoms with E-state index in [2.05, 4.69) is 11.1 Å². The van der Waals surface area contributed by atoms with Crippen LogP contribution in [0.5, 0.6) is 0 Å². The summed E-state index contributed by atoms with van der Waals surface area (Å²) >= 11 is 0. The third kappa shape index (κ3) is 3.01. The Bertz CT molecular complexity index is 1230. The van der Waals surface area contributed by atoms with Crippen LogP contribution in [0, 0.1) is 0 Å². The van der Waals surface area contributed by atoms with Crippen LogP contribution < -0.4 is 0 Å². The second kappa shape index (κ2) is 7.20. The van der Waals surface area contributed by atoms with Gasteiger partial charge in [-0.15, -0.1) is 0 Å². The van der Waals surface area contributed by atoms with Crippen LogP contribution in [0.1, 0.15) is 45.7 Å². The zero-order chi connectivity index (χ0) is 19.8. The number of carbonyl (C=O) groups is 2. The maximum absolute atomic E-state index is 13.0. The summed E-state index contributed by atoms with van der Waals surface area (Å²) in [5.41, 5.74) is 4.68. The van der Waals surface area contributed by atoms with Gasteiger partial charge in [0.25, 0.3) is 0 Å². The third-order valence-corrected chi connectivity index (χ3v) is 5.56. The highest BCUT2D eigenvalue weighted by molar-refractivity contribution is 6.01. The number of nitrogens with zero attached hydrogens (tertiary/aromatic N) is 2. The van der Waals surface area contributed by atoms with Crippen molar-refractivity contribution >= 4 is 33.9 Å². The van der Waals surface area contributed by atoms with E-state index in [-0.39, 0.29) is 18.9 Å². The summed E-state index contributed by atoms with van der Waals surface area (Å²) in [6.07, 6.45) is 5.58. The molecule has 2 aromatic carbocycles. The standard InChI is InChI=1S/C23H20N2O4/c26-21(12-13-28-23(27)17-8-5-11-20-22(17)24-14-29-20)25-18-9-3-1-6-15(18)16-7-2-4-10-19(16)25/h1,3,5-6,8-9,11,14H,2,4,7,10,12-13H2. The Morgan fingerprint density at radius 3 is 2.86 bits per heavy atom. The Labute approximate surface area is 167 Å². The molecule has 0 saturated heterocycles. The Balaban J connectivity index is 1.34. The quantitative estimate of drug-likeness (QED) is 0.480. The highest BCUT2D eigenvalue weighted by Crippen LogP contribution is 2.32. The third-order valence-electron chi connectivity index (χ3n) is 5.56. The van der Waals surface area contributed by atoms with Crippen molar-refractivity contribution in [2.75, 3.05) is 6.61 Å². The zero-order valence-corrected chi connectivity index (χ0v) is 15.9. The second-order valence-electron chi connectivity index (χ2n) is 7.27. The normalized spacial score (nSPS) is 13.5. The molecule has 4 aromatic rings. The lowest BCUT2D eigenvalue weighted by Gasteiger charge is -2.15. The number of benzene rings is 2. The number of esters is 1. The number of ether oxygens (including phenoxy) is 1. The second-order valence-corrected chi connectivity index (χ2v) is 7.27. The molecule has 0 aliphatic heterocycles. The molecule has 6 nitrogen and oxygen atoms in total. The van der Waals surface area contributed by atoms with Gasteiger partial charge in [0.2, 0.25) is 5.91 Å². The number of aromatic nitrogens is 2. The molecule has 0 radical (unpaired) electrons. The summed E-state index contributed by atoms with van der Waals surface area (Å²) in [5.74, 6) is -0.548. The molecular formula is C23H20N2O4. The lowest BCUT2D eigenvalue weighted by Crippen LogP contribution is -2.19. The first-order valence-corrected chi connectivity index (χ1v) is 9.88. The van der Waals surface area contributed by atoms with Crippen LogP contribution in [0.2, 0.25) is 0 Å². The van der Waals surface area contributed by atoms with Crippen molar-refractivity contribution in [3.63, 3.8) is 0 Å². The highest BCUT2D eigenvalue weighted by atomic mass is 16.5. The molecule has 1 aliphatic carbocycles. The maximum atomic E-state index is 13.0. The number of carbonyl (C=O) groups excluding carboxylic acids is 2. The van der Waals surface area contributed by atoms with Gasteiger partial charge in [-0.25, -0.2) is 9.78 Å². The predicted molar refractivity (Wildman–Crippen MR) is 108 cm³/mol. The number of rotatable bonds is 4. The molecule has 0 N–H and O–H groups in total. The minimum absolute atomic E-state index is 0.0210. The van der Waals surface area contributed by atoms with Crippen LogP contribution in [-0.4, -0.2) is 28.0 Å². The van der Waals surface area contributed by atoms with Gasteiger partial charge < -0.3 is 9.15 Å². The van der Waals surface area contributed by atoms with Gasteiger partial charge in [-0.1, -0.05) is 24.3 Å². The Kier molecular flexibility index (Phi) is 4.39. The van der Waals surface area contributed by atoms with E-state index in [0.717, 1.165) is 42.3 Å². The largest absolute Gasteiger partial charge is 0.461 e. The lowest BCUT2D eigenvalue weighted by atomic mass is 9.95. The SMILES string of the molecule is O=C(OCCC(=O)n1c2c(c3ccccc31)CCCC2)c1cccc2ocnc12. The predicted octanol–water partition coefficient (Wildman–Crippen LogP) is 4.55. The minimum Gasteiger partial charge on any atom is -0.461 e. The molecule has 0 atom stereocenters. The minimum atomic E-state index is -0.503. The number of para-hydroxylation sites is 2. The molecule has 6 heteroatoms. The van der Waals surface area contributed by atoms with Crippen LogP contribution in [0.3, 0.4) is 0 Å². The highest BCUT2D eigenvalue weighted by Gasteiger charge is 2.23. The maximum Gasteiger partial charge on any atom is 0.340 e. The number of fused-ring (bicyclic) bond motifs is 4. The van der Waals surface area contributed by atoms with Gasteiger partial charge in [-0.2, -0.15) is 0 Å². The van der Waals surface area contributed by atoms with Crippen molar-refractivity contribution in [1.29, 1.82) is 0 Å². The summed E-state index contributed by atoms with van der Waals surface area (Å²) in [4.78, 5) is 29.5. The fourth-order valence-corrected chi connectivity index (χ4v) is 4.25. The molecule has 0 bridgehead atoms. The van der Waals surface area contributed by atoms with E-state index < -0.39 is 5.97 Å². The molecule has 0 saturated carbocycles. The van der Waals surface area contributed by atoms with Gasteiger partial charge in [0, 0.05) is 11.1 Å². The van der Waals surface area contributed by atoms with E-state index in [1.807, 2.05) is 22.8 Å². The van der Waals surface area contributed by atoms with E-state index in [1.165, 1.54) is 12.0 Å². The smallest absolute Gasteiger partial charge is 0.340 e. The molecule has 29 heavy (non-hydrogen) atoms. The number of aryl methyl sites for hydroxylation is 1. The van der Waals surface area contributed by atoms with Crippen LogP contribution in [-0.2, 0) is 17.6 Å². The fourth-order valence-electron chi connectivity index (χ4n) is 4.25. The van der Waals surface area contributed by atoms with Crippen molar-refractivity contribution < 1.29 is 18.7 Å². The topological polar surface area (TPSA) is 74.3 Å². The molecule has 2 aromatic heterocycles. The summed E-state index contributed by atoms with van der Waals surface area (Å²) < 4.78 is 12.4. The van der Waals surface area contributed by atoms with Gasteiger partial charge in [0.15, 0.2) is 12.0 Å². The molecule has 146 valence electrons. The first kappa shape index (κ1) is 17.7. The average Bonchev–Trinajstić information content (AvgIpc) is 3.36. The summed E-state index contributed by atoms with van der Waals surface area (Å²) in [5, 5.41) is 1.16. The van der Waals surface area contributed by atoms with Gasteiger partial charge in [-0.3, -0.25) is 9.36 Å². The fraction of sp³-hybridized carbons (Fsp3) is 0.261. The van der Waals surface area contributed by atoms with E-state index in [0.29, 0.717) is 16.7 Å². The number of hydrogen-bond donors (Lipinski definition) is 0. The number of hydrogen-bond acceptors (Lipinski definition) is 5. The Hall–Kier alpha value is -3.41. The van der Waals surface area contributed by atoms with Crippen LogP contribution in [0.4, 0.5) is 0 Å². The van der Waals surface area contributed by atoms with Crippen LogP contribution >= 0.6 is 0 Å². The first-order valence-electron chi connectivity index (χ1n) is 9.88. The van der Waals surface area contributed by atoms with Crippen molar-refractivity contribution in [1.82, 2.24) is 9.55 Å². The number of oxazole rings is 1. The summed E-state index contributed by atoms with van der Waals surface area (Å²) in [6, 6.07) is 13.1. The molecular weight excluding hydrogens is 368 g/mol. The van der Waals surface area contributed by atoms with Crippen LogP contribution in [0.15, 0.2) is 53.3 Å². The van der Waals surface area contributed by atoms with Crippen molar-refractivity contribution in [3.05, 3.63) is 65.7 Å². The summed E-state index contributed by atoms with van der Waals surface area (Å²) in [7, 11) is 0. The lowest BCUT2D eigenvalue weighted by molar-refractivity contribution is 0.0491. The van der Waals surface area contributed by atoms with Crippen molar-refractivity contribution in [2.24, 2.45) is 0 Å². The summed E-state index contributed by atoms with van der Waals surface area (Å²) in [6.45, 7) is 0.0210. The van der Waals surface area contributed by atoms with Crippen LogP contribution in [0.25, 0.3) is 22.0 Å². The zero-order valence-electron chi connectivity index (χ0n) is 15.9. The van der Waals surface area contributed by atoms with Crippen molar-refractivity contribution in [2.45, 2.75) is 32.1 Å². The molecule has 2 heterocycles. The molecule has 1 aliphatic rings. The molecule has 0 amide bonds. The molecule has 0 fully saturated rings. The molecule has 5 rings (SSSR count). The van der Waals surface area contributed by atoms with Gasteiger partial charge in [0.1, 0.15) is 12.1 Å². The van der Waals surface area contributed by atoms with Gasteiger partial charge >= 0.3 is 5.97 Å². The van der Waals surface area contributed by atoms with E-state index in [9.17, 15) is 9.59 Å². The van der Waals surface area contributed by atoms with E-state index in [1.54, 1.807) is 18.2 Å². The van der Waals surface area contributed by atoms with E-state index >= 15 is 0 Å². The monoisotopic (exact) mass is 388 g/mol. The van der Waals surface area contributed by atoms with Gasteiger partial charge in [-0.05, 0) is 49.4 Å². The van der Waals surface area contributed by atoms with Crippen molar-refractivity contribution in [3.8, 4) is 0 Å². The average molecular weight is 388 g/mol. The molecule has 0 unspecified atom stereocenters. The molecule has 0 spiro atoms. The Morgan fingerprint density at radius 1 is 1.07 bits per heavy atom. The first-order chi connectivity index (χ1) is 14.2. The van der Waals surface area contributed by atoms with E-state index in [4.69, 9.17) is 9.15 Å². The Morgan fingerprint density at radius 2 is 1.93 bits per heavy atom. The van der Waals surface area contributed by atoms with Gasteiger partial charge in [0.05, 0.1) is 17.5 Å².